The molecule has 0 saturated carbocycles. The molecule has 236 valence electrons. The highest BCUT2D eigenvalue weighted by Gasteiger charge is 2.45. The molecule has 0 bridgehead atoms. The van der Waals surface area contributed by atoms with E-state index in [0.717, 1.165) is 50.4 Å². The van der Waals surface area contributed by atoms with Gasteiger partial charge in [-0.15, -0.1) is 0 Å². The van der Waals surface area contributed by atoms with Crippen LogP contribution in [-0.4, -0.2) is 15.0 Å². The summed E-state index contributed by atoms with van der Waals surface area (Å²) in [5, 5.41) is 0. The van der Waals surface area contributed by atoms with Gasteiger partial charge in [-0.1, -0.05) is 170 Å². The molecule has 1 aliphatic rings. The lowest BCUT2D eigenvalue weighted by molar-refractivity contribution is 0.434. The molecule has 0 spiro atoms. The first kappa shape index (κ1) is 29.5. The van der Waals surface area contributed by atoms with E-state index in [0.29, 0.717) is 17.5 Å². The van der Waals surface area contributed by atoms with Gasteiger partial charge in [0.15, 0.2) is 17.5 Å². The van der Waals surface area contributed by atoms with Crippen molar-refractivity contribution in [3.8, 4) is 56.8 Å². The summed E-state index contributed by atoms with van der Waals surface area (Å²) in [6.07, 6.45) is 0. The first-order valence-corrected chi connectivity index (χ1v) is 16.8. The fraction of sp³-hybridized carbons (Fsp3) is 0.0217. The van der Waals surface area contributed by atoms with Crippen LogP contribution in [0.1, 0.15) is 22.3 Å². The van der Waals surface area contributed by atoms with Crippen molar-refractivity contribution in [3.63, 3.8) is 0 Å². The number of hydrogen-bond donors (Lipinski definition) is 0. The number of benzene rings is 7. The summed E-state index contributed by atoms with van der Waals surface area (Å²) in [6, 6.07) is 64.9. The van der Waals surface area contributed by atoms with Crippen molar-refractivity contribution in [1.82, 2.24) is 15.0 Å². The lowest BCUT2D eigenvalue weighted by Gasteiger charge is -2.41. The Bertz CT molecular complexity index is 2410. The van der Waals surface area contributed by atoms with E-state index in [9.17, 15) is 0 Å². The molecule has 9 rings (SSSR count). The molecular formula is C46H31N3O. The van der Waals surface area contributed by atoms with Crippen molar-refractivity contribution in [2.75, 3.05) is 0 Å². The molecule has 0 saturated heterocycles. The molecule has 0 aliphatic carbocycles. The molecule has 4 heteroatoms. The molecule has 0 unspecified atom stereocenters. The van der Waals surface area contributed by atoms with Crippen molar-refractivity contribution in [1.29, 1.82) is 0 Å². The molecule has 1 aliphatic heterocycles. The van der Waals surface area contributed by atoms with E-state index in [1.165, 1.54) is 11.1 Å². The third-order valence-electron chi connectivity index (χ3n) is 9.46. The lowest BCUT2D eigenvalue weighted by Crippen LogP contribution is -2.34. The van der Waals surface area contributed by atoms with Crippen molar-refractivity contribution in [2.45, 2.75) is 5.41 Å². The van der Waals surface area contributed by atoms with Crippen LogP contribution in [0.2, 0.25) is 0 Å². The van der Waals surface area contributed by atoms with Crippen LogP contribution in [0.15, 0.2) is 188 Å². The SMILES string of the molecule is c1ccc(-c2cccc(-c3nc(-c4ccccc4)nc(-c4ccc5c(c4)Oc4ccccc4C5(c4ccccc4)c4ccccc4)n3)c2)cc1. The molecule has 4 nitrogen and oxygen atoms in total. The van der Waals surface area contributed by atoms with E-state index in [2.05, 4.69) is 146 Å². The highest BCUT2D eigenvalue weighted by Crippen LogP contribution is 2.55. The van der Waals surface area contributed by atoms with E-state index in [4.69, 9.17) is 19.7 Å². The minimum absolute atomic E-state index is 0.578. The summed E-state index contributed by atoms with van der Waals surface area (Å²) in [6.45, 7) is 0. The Morgan fingerprint density at radius 1 is 0.320 bits per heavy atom. The Labute approximate surface area is 291 Å². The molecule has 0 fully saturated rings. The predicted molar refractivity (Wildman–Crippen MR) is 200 cm³/mol. The molecule has 0 radical (unpaired) electrons. The highest BCUT2D eigenvalue weighted by molar-refractivity contribution is 5.75. The van der Waals surface area contributed by atoms with Gasteiger partial charge in [0.25, 0.3) is 0 Å². The van der Waals surface area contributed by atoms with Crippen LogP contribution < -0.4 is 4.74 Å². The second-order valence-electron chi connectivity index (χ2n) is 12.4. The number of fused-ring (bicyclic) bond motifs is 2. The highest BCUT2D eigenvalue weighted by atomic mass is 16.5. The molecule has 0 atom stereocenters. The molecule has 2 heterocycles. The number of ether oxygens (including phenoxy) is 1. The molecule has 0 amide bonds. The summed E-state index contributed by atoms with van der Waals surface area (Å²) < 4.78 is 6.76. The smallest absolute Gasteiger partial charge is 0.164 e. The number of aromatic nitrogens is 3. The van der Waals surface area contributed by atoms with Crippen LogP contribution in [0.5, 0.6) is 11.5 Å². The normalized spacial score (nSPS) is 12.7. The second-order valence-corrected chi connectivity index (χ2v) is 12.4. The van der Waals surface area contributed by atoms with Crippen molar-refractivity contribution in [2.24, 2.45) is 0 Å². The maximum Gasteiger partial charge on any atom is 0.164 e. The Kier molecular flexibility index (Phi) is 7.33. The van der Waals surface area contributed by atoms with Gasteiger partial charge in [-0.2, -0.15) is 0 Å². The van der Waals surface area contributed by atoms with Crippen molar-refractivity contribution >= 4 is 0 Å². The van der Waals surface area contributed by atoms with Crippen LogP contribution in [0.3, 0.4) is 0 Å². The van der Waals surface area contributed by atoms with Gasteiger partial charge in [-0.05, 0) is 40.5 Å². The number of hydrogen-bond acceptors (Lipinski definition) is 4. The predicted octanol–water partition coefficient (Wildman–Crippen LogP) is 11.0. The quantitative estimate of drug-likeness (QED) is 0.181. The maximum absolute atomic E-state index is 6.76. The summed E-state index contributed by atoms with van der Waals surface area (Å²) >= 11 is 0. The summed E-state index contributed by atoms with van der Waals surface area (Å²) in [5.74, 6) is 3.39. The first-order chi connectivity index (χ1) is 24.8. The van der Waals surface area contributed by atoms with Crippen LogP contribution >= 0.6 is 0 Å². The van der Waals surface area contributed by atoms with E-state index < -0.39 is 5.41 Å². The summed E-state index contributed by atoms with van der Waals surface area (Å²) in [5.41, 5.74) is 8.83. The van der Waals surface area contributed by atoms with Gasteiger partial charge < -0.3 is 4.74 Å². The molecule has 1 aromatic heterocycles. The zero-order valence-corrected chi connectivity index (χ0v) is 27.1. The van der Waals surface area contributed by atoms with Gasteiger partial charge in [-0.3, -0.25) is 0 Å². The zero-order valence-electron chi connectivity index (χ0n) is 27.1. The van der Waals surface area contributed by atoms with E-state index >= 15 is 0 Å². The standard InChI is InChI=1S/C46H31N3O/c1-5-16-32(17-6-1)34-20-15-21-35(30-34)44-47-43(33-18-7-2-8-19-33)48-45(49-44)36-28-29-40-42(31-36)50-41-27-14-13-26-39(41)46(40,37-22-9-3-10-23-37)38-24-11-4-12-25-38/h1-31H. The largest absolute Gasteiger partial charge is 0.457 e. The topological polar surface area (TPSA) is 47.9 Å². The van der Waals surface area contributed by atoms with Gasteiger partial charge >= 0.3 is 0 Å². The van der Waals surface area contributed by atoms with Gasteiger partial charge in [0, 0.05) is 27.8 Å². The lowest BCUT2D eigenvalue weighted by atomic mass is 9.63. The minimum atomic E-state index is -0.595. The van der Waals surface area contributed by atoms with Gasteiger partial charge in [0.2, 0.25) is 0 Å². The zero-order chi connectivity index (χ0) is 33.3. The third-order valence-corrected chi connectivity index (χ3v) is 9.46. The molecule has 8 aromatic rings. The van der Waals surface area contributed by atoms with Crippen LogP contribution in [0.4, 0.5) is 0 Å². The summed E-state index contributed by atoms with van der Waals surface area (Å²) in [7, 11) is 0. The molecule has 50 heavy (non-hydrogen) atoms. The van der Waals surface area contributed by atoms with Crippen LogP contribution in [0.25, 0.3) is 45.3 Å². The fourth-order valence-electron chi connectivity index (χ4n) is 7.17. The number of nitrogens with zero attached hydrogens (tertiary/aromatic N) is 3. The summed E-state index contributed by atoms with van der Waals surface area (Å²) in [4.78, 5) is 15.2. The first-order valence-electron chi connectivity index (χ1n) is 16.8. The minimum Gasteiger partial charge on any atom is -0.457 e. The number of rotatable bonds is 6. The number of para-hydroxylation sites is 1. The Morgan fingerprint density at radius 3 is 1.42 bits per heavy atom. The molecule has 7 aromatic carbocycles. The Morgan fingerprint density at radius 2 is 0.780 bits per heavy atom. The monoisotopic (exact) mass is 641 g/mol. The maximum atomic E-state index is 6.76. The van der Waals surface area contributed by atoms with E-state index in [-0.39, 0.29) is 0 Å². The average molecular weight is 642 g/mol. The van der Waals surface area contributed by atoms with Crippen LogP contribution in [-0.2, 0) is 5.41 Å². The van der Waals surface area contributed by atoms with Crippen molar-refractivity contribution in [3.05, 3.63) is 210 Å². The van der Waals surface area contributed by atoms with Gasteiger partial charge in [-0.25, -0.2) is 15.0 Å². The van der Waals surface area contributed by atoms with Gasteiger partial charge in [0.05, 0.1) is 5.41 Å². The third kappa shape index (κ3) is 5.06. The Balaban J connectivity index is 1.24. The van der Waals surface area contributed by atoms with Gasteiger partial charge in [0.1, 0.15) is 11.5 Å². The van der Waals surface area contributed by atoms with E-state index in [1.54, 1.807) is 0 Å². The average Bonchev–Trinajstić information content (AvgIpc) is 3.21. The fourth-order valence-corrected chi connectivity index (χ4v) is 7.17. The van der Waals surface area contributed by atoms with E-state index in [1.807, 2.05) is 42.5 Å². The molecular weight excluding hydrogens is 611 g/mol. The van der Waals surface area contributed by atoms with Crippen molar-refractivity contribution < 1.29 is 4.74 Å². The van der Waals surface area contributed by atoms with Crippen LogP contribution in [0, 0.1) is 0 Å². The Hall–Kier alpha value is -6.65. The molecule has 0 N–H and O–H groups in total. The second kappa shape index (κ2) is 12.4.